The third kappa shape index (κ3) is 3.08. The number of carbonyl (C=O) groups is 1. The summed E-state index contributed by atoms with van der Waals surface area (Å²) in [6.45, 7) is 0.717. The Labute approximate surface area is 127 Å². The molecule has 0 radical (unpaired) electrons. The SMILES string of the molecule is COc1ccc2c(c1)NCC(C(=O)NCc1cnccn1)O2. The highest BCUT2D eigenvalue weighted by Crippen LogP contribution is 2.32. The van der Waals surface area contributed by atoms with E-state index >= 15 is 0 Å². The summed E-state index contributed by atoms with van der Waals surface area (Å²) in [5.41, 5.74) is 1.52. The second-order valence-electron chi connectivity index (χ2n) is 4.76. The summed E-state index contributed by atoms with van der Waals surface area (Å²) in [5, 5.41) is 5.96. The molecule has 0 saturated carbocycles. The first kappa shape index (κ1) is 14.1. The Hall–Kier alpha value is -2.83. The maximum atomic E-state index is 12.2. The fourth-order valence-corrected chi connectivity index (χ4v) is 2.13. The average Bonchev–Trinajstić information content (AvgIpc) is 2.59. The fraction of sp³-hybridized carbons (Fsp3) is 0.267. The monoisotopic (exact) mass is 300 g/mol. The molecular weight excluding hydrogens is 284 g/mol. The fourth-order valence-electron chi connectivity index (χ4n) is 2.13. The van der Waals surface area contributed by atoms with Crippen molar-refractivity contribution in [2.45, 2.75) is 12.6 Å². The van der Waals surface area contributed by atoms with E-state index in [9.17, 15) is 4.79 Å². The first-order chi connectivity index (χ1) is 10.8. The molecule has 0 fully saturated rings. The summed E-state index contributed by atoms with van der Waals surface area (Å²) in [7, 11) is 1.61. The van der Waals surface area contributed by atoms with Crippen molar-refractivity contribution >= 4 is 11.6 Å². The number of carbonyl (C=O) groups excluding carboxylic acids is 1. The van der Waals surface area contributed by atoms with Crippen LogP contribution in [0, 0.1) is 0 Å². The van der Waals surface area contributed by atoms with Crippen molar-refractivity contribution in [1.29, 1.82) is 0 Å². The Morgan fingerprint density at radius 2 is 2.41 bits per heavy atom. The van der Waals surface area contributed by atoms with E-state index in [2.05, 4.69) is 20.6 Å². The number of methoxy groups -OCH3 is 1. The first-order valence-electron chi connectivity index (χ1n) is 6.87. The summed E-state index contributed by atoms with van der Waals surface area (Å²) in [4.78, 5) is 20.2. The molecular formula is C15H16N4O3. The third-order valence-corrected chi connectivity index (χ3v) is 3.29. The number of anilines is 1. The van der Waals surface area contributed by atoms with Crippen LogP contribution in [-0.2, 0) is 11.3 Å². The molecule has 1 aromatic carbocycles. The van der Waals surface area contributed by atoms with Gasteiger partial charge >= 0.3 is 0 Å². The normalized spacial score (nSPS) is 16.0. The van der Waals surface area contributed by atoms with Crippen LogP contribution in [0.3, 0.4) is 0 Å². The van der Waals surface area contributed by atoms with Crippen molar-refractivity contribution in [3.8, 4) is 11.5 Å². The number of amides is 1. The number of benzene rings is 1. The average molecular weight is 300 g/mol. The molecule has 2 aromatic rings. The lowest BCUT2D eigenvalue weighted by Gasteiger charge is -2.26. The van der Waals surface area contributed by atoms with E-state index in [-0.39, 0.29) is 5.91 Å². The van der Waals surface area contributed by atoms with Gasteiger partial charge in [0.15, 0.2) is 6.10 Å². The lowest BCUT2D eigenvalue weighted by molar-refractivity contribution is -0.127. The van der Waals surface area contributed by atoms with Gasteiger partial charge in [-0.3, -0.25) is 14.8 Å². The summed E-state index contributed by atoms with van der Waals surface area (Å²) < 4.78 is 10.9. The van der Waals surface area contributed by atoms with E-state index in [1.807, 2.05) is 6.07 Å². The quantitative estimate of drug-likeness (QED) is 0.875. The molecule has 22 heavy (non-hydrogen) atoms. The summed E-state index contributed by atoms with van der Waals surface area (Å²) >= 11 is 0. The zero-order valence-electron chi connectivity index (χ0n) is 12.1. The lowest BCUT2D eigenvalue weighted by Crippen LogP contribution is -2.44. The molecule has 2 heterocycles. The zero-order valence-corrected chi connectivity index (χ0v) is 12.1. The molecule has 3 rings (SSSR count). The Morgan fingerprint density at radius 1 is 1.50 bits per heavy atom. The Balaban J connectivity index is 1.60. The zero-order chi connectivity index (χ0) is 15.4. The molecule has 0 aliphatic carbocycles. The second kappa shape index (κ2) is 6.30. The second-order valence-corrected chi connectivity index (χ2v) is 4.76. The van der Waals surface area contributed by atoms with Crippen LogP contribution >= 0.6 is 0 Å². The number of nitrogens with one attached hydrogen (secondary N) is 2. The van der Waals surface area contributed by atoms with Crippen LogP contribution in [0.1, 0.15) is 5.69 Å². The van der Waals surface area contributed by atoms with Crippen LogP contribution in [-0.4, -0.2) is 35.6 Å². The predicted molar refractivity (Wildman–Crippen MR) is 79.8 cm³/mol. The Bertz CT molecular complexity index is 663. The van der Waals surface area contributed by atoms with Crippen LogP contribution in [0.5, 0.6) is 11.5 Å². The molecule has 1 aliphatic heterocycles. The minimum atomic E-state index is -0.586. The molecule has 2 N–H and O–H groups in total. The minimum absolute atomic E-state index is 0.195. The van der Waals surface area contributed by atoms with Crippen LogP contribution in [0.4, 0.5) is 5.69 Å². The standard InChI is InChI=1S/C15H16N4O3/c1-21-11-2-3-13-12(6-11)18-9-14(22-13)15(20)19-8-10-7-16-4-5-17-10/h2-7,14,18H,8-9H2,1H3,(H,19,20). The van der Waals surface area contributed by atoms with E-state index in [1.54, 1.807) is 37.8 Å². The van der Waals surface area contributed by atoms with Gasteiger partial charge in [0.2, 0.25) is 0 Å². The number of nitrogens with zero attached hydrogens (tertiary/aromatic N) is 2. The number of rotatable bonds is 4. The largest absolute Gasteiger partial charge is 0.497 e. The molecule has 1 unspecified atom stereocenters. The van der Waals surface area contributed by atoms with Gasteiger partial charge in [-0.2, -0.15) is 0 Å². The van der Waals surface area contributed by atoms with Crippen LogP contribution in [0.2, 0.25) is 0 Å². The van der Waals surface area contributed by atoms with Crippen molar-refractivity contribution in [3.63, 3.8) is 0 Å². The highest BCUT2D eigenvalue weighted by atomic mass is 16.5. The number of hydrogen-bond acceptors (Lipinski definition) is 6. The molecule has 114 valence electrons. The lowest BCUT2D eigenvalue weighted by atomic mass is 10.2. The molecule has 0 saturated heterocycles. The highest BCUT2D eigenvalue weighted by Gasteiger charge is 2.26. The Morgan fingerprint density at radius 3 is 3.18 bits per heavy atom. The van der Waals surface area contributed by atoms with Crippen molar-refractivity contribution in [2.75, 3.05) is 19.0 Å². The molecule has 1 aliphatic rings. The van der Waals surface area contributed by atoms with E-state index in [0.29, 0.717) is 24.5 Å². The molecule has 1 amide bonds. The molecule has 7 heteroatoms. The topological polar surface area (TPSA) is 85.4 Å². The maximum absolute atomic E-state index is 12.2. The van der Waals surface area contributed by atoms with Gasteiger partial charge in [-0.25, -0.2) is 0 Å². The number of ether oxygens (including phenoxy) is 2. The van der Waals surface area contributed by atoms with Crippen molar-refractivity contribution < 1.29 is 14.3 Å². The molecule has 1 atom stereocenters. The number of fused-ring (bicyclic) bond motifs is 1. The number of aromatic nitrogens is 2. The Kier molecular flexibility index (Phi) is 4.04. The number of hydrogen-bond donors (Lipinski definition) is 2. The molecule has 1 aromatic heterocycles. The van der Waals surface area contributed by atoms with E-state index in [1.165, 1.54) is 0 Å². The van der Waals surface area contributed by atoms with Crippen molar-refractivity contribution in [3.05, 3.63) is 42.5 Å². The van der Waals surface area contributed by atoms with Gasteiger partial charge in [0.25, 0.3) is 5.91 Å². The maximum Gasteiger partial charge on any atom is 0.263 e. The minimum Gasteiger partial charge on any atom is -0.497 e. The van der Waals surface area contributed by atoms with Gasteiger partial charge in [0, 0.05) is 18.5 Å². The van der Waals surface area contributed by atoms with E-state index < -0.39 is 6.10 Å². The first-order valence-corrected chi connectivity index (χ1v) is 6.87. The molecule has 0 spiro atoms. The van der Waals surface area contributed by atoms with E-state index in [4.69, 9.17) is 9.47 Å². The van der Waals surface area contributed by atoms with Gasteiger partial charge in [0.1, 0.15) is 11.5 Å². The van der Waals surface area contributed by atoms with E-state index in [0.717, 1.165) is 11.4 Å². The smallest absolute Gasteiger partial charge is 0.263 e. The van der Waals surface area contributed by atoms with Crippen molar-refractivity contribution in [2.24, 2.45) is 0 Å². The predicted octanol–water partition coefficient (Wildman–Crippen LogP) is 0.974. The van der Waals surface area contributed by atoms with Crippen LogP contribution in [0.25, 0.3) is 0 Å². The summed E-state index contributed by atoms with van der Waals surface area (Å²) in [6, 6.07) is 5.41. The van der Waals surface area contributed by atoms with Gasteiger partial charge in [-0.1, -0.05) is 0 Å². The van der Waals surface area contributed by atoms with Gasteiger partial charge in [0.05, 0.1) is 37.8 Å². The van der Waals surface area contributed by atoms with Crippen molar-refractivity contribution in [1.82, 2.24) is 15.3 Å². The molecule has 7 nitrogen and oxygen atoms in total. The molecule has 0 bridgehead atoms. The highest BCUT2D eigenvalue weighted by molar-refractivity contribution is 5.83. The van der Waals surface area contributed by atoms with Crippen LogP contribution in [0.15, 0.2) is 36.8 Å². The third-order valence-electron chi connectivity index (χ3n) is 3.29. The van der Waals surface area contributed by atoms with Gasteiger partial charge in [-0.05, 0) is 12.1 Å². The van der Waals surface area contributed by atoms with Gasteiger partial charge in [-0.15, -0.1) is 0 Å². The van der Waals surface area contributed by atoms with Gasteiger partial charge < -0.3 is 20.1 Å². The summed E-state index contributed by atoms with van der Waals surface area (Å²) in [5.74, 6) is 1.17. The van der Waals surface area contributed by atoms with Crippen LogP contribution < -0.4 is 20.1 Å². The summed E-state index contributed by atoms with van der Waals surface area (Å²) in [6.07, 6.45) is 4.20.